The number of nitrogens with zero attached hydrogens (tertiary/aromatic N) is 1. The number of benzene rings is 1. The number of esters is 1. The highest BCUT2D eigenvalue weighted by Gasteiger charge is 2.37. The van der Waals surface area contributed by atoms with Crippen LogP contribution in [0.2, 0.25) is 0 Å². The highest BCUT2D eigenvalue weighted by molar-refractivity contribution is 5.94. The van der Waals surface area contributed by atoms with E-state index in [1.165, 1.54) is 0 Å². The lowest BCUT2D eigenvalue weighted by Crippen LogP contribution is -2.17. The Hall–Kier alpha value is -3.18. The number of hydrogen-bond donors (Lipinski definition) is 0. The zero-order chi connectivity index (χ0) is 22.0. The van der Waals surface area contributed by atoms with Crippen molar-refractivity contribution in [1.29, 1.82) is 0 Å². The average molecular weight is 425 g/mol. The molecule has 158 valence electrons. The molecule has 0 aliphatic carbocycles. The van der Waals surface area contributed by atoms with Gasteiger partial charge in [-0.3, -0.25) is 0 Å². The molecule has 6 nitrogen and oxygen atoms in total. The molecule has 0 radical (unpaired) electrons. The van der Waals surface area contributed by atoms with Gasteiger partial charge in [-0.2, -0.15) is 13.2 Å². The van der Waals surface area contributed by atoms with Gasteiger partial charge in [0.15, 0.2) is 17.2 Å². The van der Waals surface area contributed by atoms with E-state index in [-0.39, 0.29) is 11.5 Å². The Morgan fingerprint density at radius 2 is 1.66 bits per heavy atom. The first-order chi connectivity index (χ1) is 13.4. The molecule has 2 aromatic rings. The summed E-state index contributed by atoms with van der Waals surface area (Å²) in [5.41, 5.74) is -2.41. The molecule has 0 spiro atoms. The Bertz CT molecular complexity index is 910. The zero-order valence-corrected chi connectivity index (χ0v) is 15.1. The standard InChI is InChI=1S/C17H13F6NO5/c1-8-13(15(25)27-3)12(7-24-14(8)16(18,19)20)28-10-5-4-9(6-11(10)26-2)29-17(21,22)23/h4-7H,1-3H3. The molecule has 0 amide bonds. The Kier molecular flexibility index (Phi) is 6.14. The van der Waals surface area contributed by atoms with Gasteiger partial charge in [0, 0.05) is 6.07 Å². The predicted molar refractivity (Wildman–Crippen MR) is 85.1 cm³/mol. The number of hydrogen-bond acceptors (Lipinski definition) is 6. The van der Waals surface area contributed by atoms with E-state index < -0.39 is 46.8 Å². The maximum atomic E-state index is 13.1. The third-order valence-electron chi connectivity index (χ3n) is 3.53. The third-order valence-corrected chi connectivity index (χ3v) is 3.53. The molecule has 0 fully saturated rings. The van der Waals surface area contributed by atoms with Crippen molar-refractivity contribution in [2.24, 2.45) is 0 Å². The molecule has 1 aromatic carbocycles. The number of alkyl halides is 6. The van der Waals surface area contributed by atoms with E-state index >= 15 is 0 Å². The van der Waals surface area contributed by atoms with Crippen molar-refractivity contribution in [3.05, 3.63) is 41.2 Å². The fraction of sp³-hybridized carbons (Fsp3) is 0.294. The van der Waals surface area contributed by atoms with Crippen LogP contribution in [0.4, 0.5) is 26.3 Å². The molecule has 1 heterocycles. The number of pyridine rings is 1. The smallest absolute Gasteiger partial charge is 0.493 e. The maximum Gasteiger partial charge on any atom is 0.573 e. The molecular weight excluding hydrogens is 412 g/mol. The molecule has 0 aliphatic heterocycles. The van der Waals surface area contributed by atoms with Crippen LogP contribution in [0.1, 0.15) is 21.6 Å². The van der Waals surface area contributed by atoms with Crippen LogP contribution in [0.5, 0.6) is 23.0 Å². The average Bonchev–Trinajstić information content (AvgIpc) is 2.60. The van der Waals surface area contributed by atoms with E-state index in [2.05, 4.69) is 14.5 Å². The van der Waals surface area contributed by atoms with Crippen molar-refractivity contribution in [3.8, 4) is 23.0 Å². The van der Waals surface area contributed by atoms with Crippen molar-refractivity contribution < 1.29 is 50.1 Å². The largest absolute Gasteiger partial charge is 0.573 e. The van der Waals surface area contributed by atoms with Gasteiger partial charge in [-0.25, -0.2) is 9.78 Å². The maximum absolute atomic E-state index is 13.1. The van der Waals surface area contributed by atoms with Gasteiger partial charge in [0.2, 0.25) is 0 Å². The molecule has 12 heteroatoms. The van der Waals surface area contributed by atoms with Gasteiger partial charge < -0.3 is 18.9 Å². The van der Waals surface area contributed by atoms with Crippen LogP contribution in [0.15, 0.2) is 24.4 Å². The van der Waals surface area contributed by atoms with Gasteiger partial charge in [0.1, 0.15) is 17.0 Å². The topological polar surface area (TPSA) is 66.9 Å². The van der Waals surface area contributed by atoms with Gasteiger partial charge in [-0.15, -0.1) is 13.2 Å². The molecule has 0 unspecified atom stereocenters. The first-order valence-corrected chi connectivity index (χ1v) is 7.64. The van der Waals surface area contributed by atoms with E-state index in [1.807, 2.05) is 0 Å². The summed E-state index contributed by atoms with van der Waals surface area (Å²) in [7, 11) is 2.08. The van der Waals surface area contributed by atoms with Gasteiger partial charge in [0.05, 0.1) is 20.4 Å². The first kappa shape index (κ1) is 22.1. The lowest BCUT2D eigenvalue weighted by molar-refractivity contribution is -0.274. The number of aromatic nitrogens is 1. The second kappa shape index (κ2) is 8.05. The summed E-state index contributed by atoms with van der Waals surface area (Å²) in [6.45, 7) is 1.01. The van der Waals surface area contributed by atoms with Crippen molar-refractivity contribution in [3.63, 3.8) is 0 Å². The van der Waals surface area contributed by atoms with Crippen molar-refractivity contribution in [2.75, 3.05) is 14.2 Å². The Morgan fingerprint density at radius 3 is 2.17 bits per heavy atom. The number of methoxy groups -OCH3 is 2. The molecule has 2 rings (SSSR count). The highest BCUT2D eigenvalue weighted by atomic mass is 19.4. The zero-order valence-electron chi connectivity index (χ0n) is 15.1. The van der Waals surface area contributed by atoms with Crippen LogP contribution < -0.4 is 14.2 Å². The minimum Gasteiger partial charge on any atom is -0.493 e. The molecule has 0 aliphatic rings. The Balaban J connectivity index is 2.51. The lowest BCUT2D eigenvalue weighted by atomic mass is 10.1. The summed E-state index contributed by atoms with van der Waals surface area (Å²) in [6, 6.07) is 2.77. The summed E-state index contributed by atoms with van der Waals surface area (Å²) < 4.78 is 94.8. The van der Waals surface area contributed by atoms with Crippen LogP contribution in [-0.4, -0.2) is 31.5 Å². The highest BCUT2D eigenvalue weighted by Crippen LogP contribution is 2.40. The molecule has 0 saturated heterocycles. The molecule has 0 bridgehead atoms. The first-order valence-electron chi connectivity index (χ1n) is 7.64. The SMILES string of the molecule is COC(=O)c1c(Oc2ccc(OC(F)(F)F)cc2OC)cnc(C(F)(F)F)c1C. The minimum atomic E-state index is -4.94. The van der Waals surface area contributed by atoms with Crippen LogP contribution in [0, 0.1) is 6.92 Å². The number of carbonyl (C=O) groups excluding carboxylic acids is 1. The van der Waals surface area contributed by atoms with Crippen molar-refractivity contribution in [1.82, 2.24) is 4.98 Å². The lowest BCUT2D eigenvalue weighted by Gasteiger charge is -2.17. The van der Waals surface area contributed by atoms with Gasteiger partial charge in [0.25, 0.3) is 0 Å². The summed E-state index contributed by atoms with van der Waals surface area (Å²) in [4.78, 5) is 15.3. The molecule has 1 aromatic heterocycles. The Morgan fingerprint density at radius 1 is 1.00 bits per heavy atom. The third kappa shape index (κ3) is 5.21. The molecule has 0 N–H and O–H groups in total. The van der Waals surface area contributed by atoms with E-state index in [4.69, 9.17) is 9.47 Å². The second-order valence-corrected chi connectivity index (χ2v) is 5.42. The summed E-state index contributed by atoms with van der Waals surface area (Å²) >= 11 is 0. The van der Waals surface area contributed by atoms with E-state index in [9.17, 15) is 31.1 Å². The Labute approximate surface area is 160 Å². The van der Waals surface area contributed by atoms with E-state index in [0.29, 0.717) is 6.20 Å². The molecule has 29 heavy (non-hydrogen) atoms. The van der Waals surface area contributed by atoms with Crippen molar-refractivity contribution >= 4 is 5.97 Å². The summed E-state index contributed by atoms with van der Waals surface area (Å²) in [5, 5.41) is 0. The minimum absolute atomic E-state index is 0.201. The van der Waals surface area contributed by atoms with E-state index in [1.54, 1.807) is 0 Å². The fourth-order valence-corrected chi connectivity index (χ4v) is 2.35. The van der Waals surface area contributed by atoms with Crippen LogP contribution in [0.25, 0.3) is 0 Å². The number of halogens is 6. The molecule has 0 saturated carbocycles. The summed E-state index contributed by atoms with van der Waals surface area (Å²) in [6.07, 6.45) is -9.12. The normalized spacial score (nSPS) is 11.8. The van der Waals surface area contributed by atoms with Crippen molar-refractivity contribution in [2.45, 2.75) is 19.5 Å². The molecular formula is C17H13F6NO5. The number of carbonyl (C=O) groups is 1. The van der Waals surface area contributed by atoms with E-state index in [0.717, 1.165) is 39.3 Å². The van der Waals surface area contributed by atoms with Gasteiger partial charge >= 0.3 is 18.5 Å². The second-order valence-electron chi connectivity index (χ2n) is 5.42. The monoisotopic (exact) mass is 425 g/mol. The number of ether oxygens (including phenoxy) is 4. The predicted octanol–water partition coefficient (Wildman–Crippen LogP) is 4.89. The van der Waals surface area contributed by atoms with Crippen LogP contribution in [0.3, 0.4) is 0 Å². The number of rotatable bonds is 5. The summed E-state index contributed by atoms with van der Waals surface area (Å²) in [5.74, 6) is -2.59. The van der Waals surface area contributed by atoms with Crippen LogP contribution >= 0.6 is 0 Å². The molecule has 0 atom stereocenters. The van der Waals surface area contributed by atoms with Crippen LogP contribution in [-0.2, 0) is 10.9 Å². The fourth-order valence-electron chi connectivity index (χ4n) is 2.35. The van der Waals surface area contributed by atoms with Gasteiger partial charge in [-0.05, 0) is 24.6 Å². The quantitative estimate of drug-likeness (QED) is 0.502. The van der Waals surface area contributed by atoms with Gasteiger partial charge in [-0.1, -0.05) is 0 Å².